The van der Waals surface area contributed by atoms with Crippen LogP contribution in [0.25, 0.3) is 11.3 Å². The molecule has 0 fully saturated rings. The molecule has 0 spiro atoms. The van der Waals surface area contributed by atoms with E-state index in [9.17, 15) is 4.39 Å². The summed E-state index contributed by atoms with van der Waals surface area (Å²) in [7, 11) is 4.14. The summed E-state index contributed by atoms with van der Waals surface area (Å²) >= 11 is 6.16. The molecular formula is C21H25ClFN5. The van der Waals surface area contributed by atoms with E-state index >= 15 is 0 Å². The third-order valence-electron chi connectivity index (χ3n) is 4.35. The molecule has 1 heterocycles. The molecule has 1 N–H and O–H groups in total. The van der Waals surface area contributed by atoms with Crippen molar-refractivity contribution in [2.45, 2.75) is 19.5 Å². The molecule has 0 saturated heterocycles. The molecule has 0 amide bonds. The molecule has 0 unspecified atom stereocenters. The maximum Gasteiger partial charge on any atom is 0.124 e. The molecule has 0 aliphatic carbocycles. The summed E-state index contributed by atoms with van der Waals surface area (Å²) in [6.07, 6.45) is 1.06. The summed E-state index contributed by atoms with van der Waals surface area (Å²) in [4.78, 5) is 3.79. The average molecular weight is 402 g/mol. The van der Waals surface area contributed by atoms with E-state index in [0.717, 1.165) is 42.0 Å². The van der Waals surface area contributed by atoms with Gasteiger partial charge >= 0.3 is 0 Å². The van der Waals surface area contributed by atoms with Gasteiger partial charge in [0.25, 0.3) is 0 Å². The number of hydrogen-bond acceptors (Lipinski definition) is 4. The van der Waals surface area contributed by atoms with Gasteiger partial charge in [-0.25, -0.2) is 4.39 Å². The largest absolute Gasteiger partial charge is 0.311 e. The number of nitrogens with one attached hydrogen (secondary N) is 1. The average Bonchev–Trinajstić information content (AvgIpc) is 3.07. The number of benzene rings is 2. The van der Waals surface area contributed by atoms with Gasteiger partial charge in [0.05, 0.1) is 6.54 Å². The summed E-state index contributed by atoms with van der Waals surface area (Å²) in [6.45, 7) is 2.96. The Balaban J connectivity index is 1.77. The van der Waals surface area contributed by atoms with Crippen molar-refractivity contribution in [3.8, 4) is 11.3 Å². The molecule has 0 aliphatic rings. The summed E-state index contributed by atoms with van der Waals surface area (Å²) in [5.74, 6) is -0.352. The molecule has 148 valence electrons. The van der Waals surface area contributed by atoms with Crippen LogP contribution in [-0.4, -0.2) is 47.1 Å². The topological polar surface area (TPSA) is 46.0 Å². The fourth-order valence-electron chi connectivity index (χ4n) is 2.92. The molecule has 7 heteroatoms. The molecule has 0 bridgehead atoms. The molecule has 0 aliphatic heterocycles. The first-order valence-electron chi connectivity index (χ1n) is 9.31. The molecule has 0 atom stereocenters. The Bertz CT molecular complexity index is 895. The summed E-state index contributed by atoms with van der Waals surface area (Å²) in [5, 5.41) is 13.2. The minimum absolute atomic E-state index is 0.352. The van der Waals surface area contributed by atoms with Crippen LogP contribution in [-0.2, 0) is 13.1 Å². The van der Waals surface area contributed by atoms with Crippen molar-refractivity contribution in [1.29, 1.82) is 0 Å². The Morgan fingerprint density at radius 2 is 1.89 bits per heavy atom. The van der Waals surface area contributed by atoms with E-state index in [2.05, 4.69) is 34.5 Å². The quantitative estimate of drug-likeness (QED) is 0.553. The molecule has 28 heavy (non-hydrogen) atoms. The number of hydrogen-bond donors (Lipinski definition) is 1. The van der Waals surface area contributed by atoms with Gasteiger partial charge in [-0.15, -0.1) is 0 Å². The van der Waals surface area contributed by atoms with Gasteiger partial charge in [0.2, 0.25) is 0 Å². The predicted molar refractivity (Wildman–Crippen MR) is 111 cm³/mol. The Hall–Kier alpha value is -2.28. The van der Waals surface area contributed by atoms with Crippen LogP contribution in [0.15, 0.2) is 48.5 Å². The number of nitrogens with zero attached hydrogens (tertiary/aromatic N) is 4. The first kappa shape index (κ1) is 20.5. The number of aromatic nitrogens is 3. The Labute approximate surface area is 170 Å². The van der Waals surface area contributed by atoms with E-state index in [1.165, 1.54) is 12.1 Å². The van der Waals surface area contributed by atoms with Crippen LogP contribution >= 0.6 is 11.6 Å². The number of halogens is 2. The highest BCUT2D eigenvalue weighted by atomic mass is 35.5. The van der Waals surface area contributed by atoms with Crippen molar-refractivity contribution in [1.82, 2.24) is 25.2 Å². The standard InChI is InChI=1S/C21H25ClFN5/c1-27(2)12-6-11-24-14-20-21(16-7-4-3-5-8-16)26-28(25-20)15-17-9-10-18(23)13-19(17)22/h3-5,7-10,13,24H,6,11-12,14-15H2,1-2H3. The lowest BCUT2D eigenvalue weighted by molar-refractivity contribution is 0.394. The Kier molecular flexibility index (Phi) is 7.14. The van der Waals surface area contributed by atoms with Gasteiger partial charge in [0.15, 0.2) is 0 Å². The van der Waals surface area contributed by atoms with Crippen LogP contribution < -0.4 is 5.32 Å². The lowest BCUT2D eigenvalue weighted by atomic mass is 10.1. The molecule has 0 radical (unpaired) electrons. The molecular weight excluding hydrogens is 377 g/mol. The van der Waals surface area contributed by atoms with Crippen LogP contribution in [0.4, 0.5) is 4.39 Å². The van der Waals surface area contributed by atoms with Gasteiger partial charge < -0.3 is 10.2 Å². The predicted octanol–water partition coefficient (Wildman–Crippen LogP) is 3.83. The van der Waals surface area contributed by atoms with Crippen LogP contribution in [0, 0.1) is 5.82 Å². The second kappa shape index (κ2) is 9.78. The number of rotatable bonds is 9. The van der Waals surface area contributed by atoms with Crippen LogP contribution in [0.2, 0.25) is 5.02 Å². The fraction of sp³-hybridized carbons (Fsp3) is 0.333. The molecule has 3 rings (SSSR count). The molecule has 5 nitrogen and oxygen atoms in total. The van der Waals surface area contributed by atoms with Crippen molar-refractivity contribution in [3.05, 3.63) is 70.6 Å². The lowest BCUT2D eigenvalue weighted by Crippen LogP contribution is -2.21. The van der Waals surface area contributed by atoms with Gasteiger partial charge in [-0.2, -0.15) is 15.0 Å². The summed E-state index contributed by atoms with van der Waals surface area (Å²) in [5.41, 5.74) is 3.53. The zero-order valence-electron chi connectivity index (χ0n) is 16.2. The van der Waals surface area contributed by atoms with Crippen molar-refractivity contribution in [3.63, 3.8) is 0 Å². The van der Waals surface area contributed by atoms with Gasteiger partial charge in [0.1, 0.15) is 17.2 Å². The first-order valence-corrected chi connectivity index (χ1v) is 9.69. The van der Waals surface area contributed by atoms with Crippen LogP contribution in [0.5, 0.6) is 0 Å². The highest BCUT2D eigenvalue weighted by molar-refractivity contribution is 6.31. The maximum atomic E-state index is 13.3. The minimum Gasteiger partial charge on any atom is -0.311 e. The second-order valence-electron chi connectivity index (χ2n) is 6.96. The van der Waals surface area contributed by atoms with Crippen molar-refractivity contribution >= 4 is 11.6 Å². The molecule has 2 aromatic carbocycles. The SMILES string of the molecule is CN(C)CCCNCc1nn(Cc2ccc(F)cc2Cl)nc1-c1ccccc1. The zero-order valence-corrected chi connectivity index (χ0v) is 17.0. The van der Waals surface area contributed by atoms with E-state index in [1.807, 2.05) is 30.3 Å². The smallest absolute Gasteiger partial charge is 0.124 e. The Morgan fingerprint density at radius 3 is 2.61 bits per heavy atom. The van der Waals surface area contributed by atoms with Gasteiger partial charge in [-0.1, -0.05) is 48.0 Å². The molecule has 1 aromatic heterocycles. The Morgan fingerprint density at radius 1 is 1.11 bits per heavy atom. The van der Waals surface area contributed by atoms with E-state index in [1.54, 1.807) is 10.9 Å². The van der Waals surface area contributed by atoms with Gasteiger partial charge in [-0.05, 0) is 51.3 Å². The van der Waals surface area contributed by atoms with E-state index in [4.69, 9.17) is 11.6 Å². The first-order chi connectivity index (χ1) is 13.5. The van der Waals surface area contributed by atoms with E-state index in [0.29, 0.717) is 18.1 Å². The third-order valence-corrected chi connectivity index (χ3v) is 4.70. The van der Waals surface area contributed by atoms with E-state index < -0.39 is 0 Å². The van der Waals surface area contributed by atoms with Gasteiger partial charge in [0, 0.05) is 17.1 Å². The van der Waals surface area contributed by atoms with Crippen molar-refractivity contribution in [2.24, 2.45) is 0 Å². The van der Waals surface area contributed by atoms with Crippen LogP contribution in [0.1, 0.15) is 17.7 Å². The second-order valence-corrected chi connectivity index (χ2v) is 7.37. The van der Waals surface area contributed by atoms with E-state index in [-0.39, 0.29) is 5.82 Å². The van der Waals surface area contributed by atoms with Gasteiger partial charge in [-0.3, -0.25) is 0 Å². The lowest BCUT2D eigenvalue weighted by Gasteiger charge is -2.09. The minimum atomic E-state index is -0.352. The normalized spacial score (nSPS) is 11.3. The fourth-order valence-corrected chi connectivity index (χ4v) is 3.15. The maximum absolute atomic E-state index is 13.3. The highest BCUT2D eigenvalue weighted by Gasteiger charge is 2.14. The van der Waals surface area contributed by atoms with Crippen LogP contribution in [0.3, 0.4) is 0 Å². The summed E-state index contributed by atoms with van der Waals surface area (Å²) in [6, 6.07) is 14.4. The zero-order chi connectivity index (χ0) is 19.9. The molecule has 0 saturated carbocycles. The monoisotopic (exact) mass is 401 g/mol. The third kappa shape index (κ3) is 5.61. The van der Waals surface area contributed by atoms with Crippen molar-refractivity contribution in [2.75, 3.05) is 27.2 Å². The highest BCUT2D eigenvalue weighted by Crippen LogP contribution is 2.22. The van der Waals surface area contributed by atoms with Crippen molar-refractivity contribution < 1.29 is 4.39 Å². The molecule has 3 aromatic rings. The summed E-state index contributed by atoms with van der Waals surface area (Å²) < 4.78 is 13.3.